The molecule has 0 bridgehead atoms. The quantitative estimate of drug-likeness (QED) is 0.649. The van der Waals surface area contributed by atoms with Crippen LogP contribution in [0.4, 0.5) is 15.8 Å². The number of nitrogens with zero attached hydrogens (tertiary/aromatic N) is 2. The molecule has 0 radical (unpaired) electrons. The molecule has 2 rings (SSSR count). The molecule has 7 nitrogen and oxygen atoms in total. The number of hydrogen-bond acceptors (Lipinski definition) is 6. The molecule has 0 spiro atoms. The number of halogens is 1. The summed E-state index contributed by atoms with van der Waals surface area (Å²) in [4.78, 5) is 12.2. The predicted octanol–water partition coefficient (Wildman–Crippen LogP) is 1.17. The van der Waals surface area contributed by atoms with Gasteiger partial charge in [-0.05, 0) is 0 Å². The number of methoxy groups -OCH3 is 1. The third-order valence-electron chi connectivity index (χ3n) is 3.34. The van der Waals surface area contributed by atoms with Gasteiger partial charge in [0.15, 0.2) is 11.6 Å². The first-order valence-corrected chi connectivity index (χ1v) is 6.58. The fourth-order valence-corrected chi connectivity index (χ4v) is 2.28. The van der Waals surface area contributed by atoms with Crippen molar-refractivity contribution in [2.45, 2.75) is 6.10 Å². The van der Waals surface area contributed by atoms with Gasteiger partial charge < -0.3 is 19.7 Å². The van der Waals surface area contributed by atoms with Crippen LogP contribution in [0.25, 0.3) is 0 Å². The van der Waals surface area contributed by atoms with Crippen LogP contribution in [-0.4, -0.2) is 51.4 Å². The fraction of sp³-hybridized carbons (Fsp3) is 0.538. The zero-order valence-corrected chi connectivity index (χ0v) is 12.0. The third-order valence-corrected chi connectivity index (χ3v) is 3.34. The maximum Gasteiger partial charge on any atom is 0.295 e. The molecule has 0 aromatic heterocycles. The third kappa shape index (κ3) is 3.59. The minimum atomic E-state index is -0.753. The number of ether oxygens (including phenoxy) is 2. The molecule has 1 aromatic carbocycles. The number of anilines is 1. The number of rotatable bonds is 5. The molecule has 1 fully saturated rings. The Balaban J connectivity index is 2.24. The fourth-order valence-electron chi connectivity index (χ4n) is 2.28. The number of nitro groups is 1. The molecule has 1 N–H and O–H groups in total. The largest absolute Gasteiger partial charge is 0.494 e. The minimum absolute atomic E-state index is 0.0230. The molecule has 1 heterocycles. The van der Waals surface area contributed by atoms with Gasteiger partial charge in [0, 0.05) is 32.7 Å². The average Bonchev–Trinajstić information content (AvgIpc) is 2.47. The standard InChI is InChI=1S/C13H18FN3O4/c1-16(8-9-7-15-3-4-21-9)11-6-13(20-2)10(14)5-12(11)17(18)19/h5-6,9,15H,3-4,7-8H2,1-2H3. The molecule has 116 valence electrons. The van der Waals surface area contributed by atoms with Crippen molar-refractivity contribution >= 4 is 11.4 Å². The van der Waals surface area contributed by atoms with E-state index in [1.807, 2.05) is 0 Å². The van der Waals surface area contributed by atoms with Crippen molar-refractivity contribution in [3.05, 3.63) is 28.1 Å². The maximum absolute atomic E-state index is 13.6. The molecule has 21 heavy (non-hydrogen) atoms. The van der Waals surface area contributed by atoms with Crippen LogP contribution >= 0.6 is 0 Å². The minimum Gasteiger partial charge on any atom is -0.494 e. The smallest absolute Gasteiger partial charge is 0.295 e. The molecule has 1 aliphatic heterocycles. The second kappa shape index (κ2) is 6.68. The van der Waals surface area contributed by atoms with E-state index in [4.69, 9.17) is 9.47 Å². The van der Waals surface area contributed by atoms with Crippen LogP contribution in [-0.2, 0) is 4.74 Å². The lowest BCUT2D eigenvalue weighted by molar-refractivity contribution is -0.384. The number of nitro benzene ring substituents is 1. The van der Waals surface area contributed by atoms with E-state index in [0.29, 0.717) is 25.4 Å². The van der Waals surface area contributed by atoms with Gasteiger partial charge >= 0.3 is 0 Å². The summed E-state index contributed by atoms with van der Waals surface area (Å²) in [6.45, 7) is 2.54. The lowest BCUT2D eigenvalue weighted by Crippen LogP contribution is -2.44. The van der Waals surface area contributed by atoms with Gasteiger partial charge in [-0.1, -0.05) is 0 Å². The van der Waals surface area contributed by atoms with Crippen molar-refractivity contribution in [1.82, 2.24) is 5.32 Å². The van der Waals surface area contributed by atoms with Crippen LogP contribution < -0.4 is 15.0 Å². The average molecular weight is 299 g/mol. The molecular formula is C13H18FN3O4. The van der Waals surface area contributed by atoms with Crippen molar-refractivity contribution in [2.24, 2.45) is 0 Å². The summed E-state index contributed by atoms with van der Waals surface area (Å²) in [5, 5.41) is 14.3. The van der Waals surface area contributed by atoms with E-state index in [2.05, 4.69) is 5.32 Å². The van der Waals surface area contributed by atoms with E-state index in [1.54, 1.807) is 11.9 Å². The monoisotopic (exact) mass is 299 g/mol. The zero-order chi connectivity index (χ0) is 15.4. The Labute approximate surface area is 121 Å². The topological polar surface area (TPSA) is 76.9 Å². The number of hydrogen-bond donors (Lipinski definition) is 1. The highest BCUT2D eigenvalue weighted by Crippen LogP contribution is 2.34. The summed E-state index contributed by atoms with van der Waals surface area (Å²) in [5.74, 6) is -0.776. The van der Waals surface area contributed by atoms with Crippen LogP contribution in [0, 0.1) is 15.9 Å². The summed E-state index contributed by atoms with van der Waals surface area (Å²) in [7, 11) is 3.03. The highest BCUT2D eigenvalue weighted by atomic mass is 19.1. The summed E-state index contributed by atoms with van der Waals surface area (Å²) >= 11 is 0. The van der Waals surface area contributed by atoms with Gasteiger partial charge in [0.1, 0.15) is 5.69 Å². The number of benzene rings is 1. The molecule has 8 heteroatoms. The summed E-state index contributed by atoms with van der Waals surface area (Å²) in [6.07, 6.45) is -0.0700. The van der Waals surface area contributed by atoms with Crippen LogP contribution in [0.1, 0.15) is 0 Å². The lowest BCUT2D eigenvalue weighted by atomic mass is 10.2. The summed E-state index contributed by atoms with van der Waals surface area (Å²) in [5.41, 5.74) is 0.00647. The van der Waals surface area contributed by atoms with Gasteiger partial charge in [-0.25, -0.2) is 4.39 Å². The van der Waals surface area contributed by atoms with E-state index < -0.39 is 10.7 Å². The molecule has 1 aliphatic rings. The van der Waals surface area contributed by atoms with Crippen LogP contribution in [0.2, 0.25) is 0 Å². The van der Waals surface area contributed by atoms with Gasteiger partial charge in [0.25, 0.3) is 5.69 Å². The predicted molar refractivity (Wildman–Crippen MR) is 75.5 cm³/mol. The molecule has 1 atom stereocenters. The van der Waals surface area contributed by atoms with Crippen molar-refractivity contribution in [2.75, 3.05) is 45.3 Å². The van der Waals surface area contributed by atoms with Gasteiger partial charge in [-0.3, -0.25) is 10.1 Å². The zero-order valence-electron chi connectivity index (χ0n) is 12.0. The molecule has 0 aliphatic carbocycles. The van der Waals surface area contributed by atoms with Crippen molar-refractivity contribution in [3.63, 3.8) is 0 Å². The van der Waals surface area contributed by atoms with Gasteiger partial charge in [0.2, 0.25) is 0 Å². The first-order valence-electron chi connectivity index (χ1n) is 6.58. The van der Waals surface area contributed by atoms with Crippen molar-refractivity contribution < 1.29 is 18.8 Å². The molecule has 1 saturated heterocycles. The van der Waals surface area contributed by atoms with Gasteiger partial charge in [-0.2, -0.15) is 0 Å². The Morgan fingerprint density at radius 3 is 2.95 bits per heavy atom. The Kier molecular flexibility index (Phi) is 4.92. The Hall–Kier alpha value is -1.93. The van der Waals surface area contributed by atoms with E-state index >= 15 is 0 Å². The van der Waals surface area contributed by atoms with Crippen molar-refractivity contribution in [3.8, 4) is 5.75 Å². The molecular weight excluding hydrogens is 281 g/mol. The highest BCUT2D eigenvalue weighted by Gasteiger charge is 2.24. The molecule has 0 amide bonds. The Morgan fingerprint density at radius 1 is 1.62 bits per heavy atom. The molecule has 1 aromatic rings. The van der Waals surface area contributed by atoms with Crippen LogP contribution in [0.15, 0.2) is 12.1 Å². The van der Waals surface area contributed by atoms with E-state index in [1.165, 1.54) is 13.2 Å². The highest BCUT2D eigenvalue weighted by molar-refractivity contribution is 5.66. The Bertz CT molecular complexity index is 520. The second-order valence-electron chi connectivity index (χ2n) is 4.81. The van der Waals surface area contributed by atoms with Crippen LogP contribution in [0.3, 0.4) is 0 Å². The summed E-state index contributed by atoms with van der Waals surface area (Å²) < 4.78 is 24.1. The maximum atomic E-state index is 13.6. The van der Waals surface area contributed by atoms with Crippen LogP contribution in [0.5, 0.6) is 5.75 Å². The SMILES string of the molecule is COc1cc(N(C)CC2CNCCO2)c([N+](=O)[O-])cc1F. The number of likely N-dealkylation sites (N-methyl/N-ethyl adjacent to an activating group) is 1. The number of morpholine rings is 1. The van der Waals surface area contributed by atoms with E-state index in [0.717, 1.165) is 12.6 Å². The second-order valence-corrected chi connectivity index (χ2v) is 4.81. The lowest BCUT2D eigenvalue weighted by Gasteiger charge is -2.29. The van der Waals surface area contributed by atoms with Gasteiger partial charge in [0.05, 0.1) is 30.8 Å². The Morgan fingerprint density at radius 2 is 2.38 bits per heavy atom. The normalized spacial score (nSPS) is 18.3. The first kappa shape index (κ1) is 15.5. The van der Waals surface area contributed by atoms with E-state index in [9.17, 15) is 14.5 Å². The first-order chi connectivity index (χ1) is 10.0. The number of nitrogens with one attached hydrogen (secondary N) is 1. The van der Waals surface area contributed by atoms with E-state index in [-0.39, 0.29) is 17.5 Å². The van der Waals surface area contributed by atoms with Crippen molar-refractivity contribution in [1.29, 1.82) is 0 Å². The van der Waals surface area contributed by atoms with Gasteiger partial charge in [-0.15, -0.1) is 0 Å². The molecule has 1 unspecified atom stereocenters. The summed E-state index contributed by atoms with van der Waals surface area (Å²) in [6, 6.07) is 2.22. The molecule has 0 saturated carbocycles.